The van der Waals surface area contributed by atoms with Gasteiger partial charge in [0.05, 0.1) is 17.8 Å². The topological polar surface area (TPSA) is 81.3 Å². The van der Waals surface area contributed by atoms with Gasteiger partial charge in [0.1, 0.15) is 0 Å². The minimum absolute atomic E-state index is 0.0117. The van der Waals surface area contributed by atoms with Crippen LogP contribution in [0.3, 0.4) is 0 Å². The lowest BCUT2D eigenvalue weighted by atomic mass is 9.99. The number of carboxylic acid groups (broad SMARTS) is 1. The molecule has 0 fully saturated rings. The van der Waals surface area contributed by atoms with E-state index < -0.39 is 29.4 Å². The number of benzene rings is 2. The molecule has 0 amide bonds. The molecule has 0 spiro atoms. The van der Waals surface area contributed by atoms with Gasteiger partial charge in [-0.2, -0.15) is 13.2 Å². The van der Waals surface area contributed by atoms with E-state index in [1.807, 2.05) is 6.92 Å². The number of halogens is 3. The fourth-order valence-electron chi connectivity index (χ4n) is 4.10. The van der Waals surface area contributed by atoms with Crippen LogP contribution in [0.4, 0.5) is 13.2 Å². The van der Waals surface area contributed by atoms with Crippen molar-refractivity contribution in [2.75, 3.05) is 0 Å². The number of aromatic carboxylic acids is 1. The molecule has 2 aromatic carbocycles. The number of alkyl halides is 3. The van der Waals surface area contributed by atoms with Gasteiger partial charge in [0.2, 0.25) is 5.91 Å². The summed E-state index contributed by atoms with van der Waals surface area (Å²) in [7, 11) is 0. The number of carbonyl (C=O) groups is 2. The Kier molecular flexibility index (Phi) is 7.99. The second-order valence-electron chi connectivity index (χ2n) is 8.29. The molecule has 0 bridgehead atoms. The molecular formula is C26H27F3N2O4. The van der Waals surface area contributed by atoms with E-state index in [1.165, 1.54) is 6.07 Å². The molecular weight excluding hydrogens is 461 g/mol. The number of carboxylic acids is 1. The predicted octanol–water partition coefficient (Wildman–Crippen LogP) is 5.87. The summed E-state index contributed by atoms with van der Waals surface area (Å²) in [5.41, 5.74) is -0.611. The fraction of sp³-hybridized carbons (Fsp3) is 0.346. The Bertz CT molecular complexity index is 1270. The molecule has 6 nitrogen and oxygen atoms in total. The van der Waals surface area contributed by atoms with Gasteiger partial charge in [-0.05, 0) is 35.6 Å². The van der Waals surface area contributed by atoms with E-state index in [-0.39, 0.29) is 35.2 Å². The Labute approximate surface area is 200 Å². The first-order valence-electron chi connectivity index (χ1n) is 11.5. The zero-order chi connectivity index (χ0) is 25.8. The number of aromatic nitrogens is 2. The first-order valence-corrected chi connectivity index (χ1v) is 11.5. The third kappa shape index (κ3) is 5.55. The quantitative estimate of drug-likeness (QED) is 0.409. The fourth-order valence-corrected chi connectivity index (χ4v) is 4.10. The van der Waals surface area contributed by atoms with Crippen molar-refractivity contribution in [1.29, 1.82) is 0 Å². The molecule has 0 saturated heterocycles. The van der Waals surface area contributed by atoms with E-state index in [2.05, 4.69) is 0 Å². The number of hydrogen-bond donors (Lipinski definition) is 1. The SMILES string of the molecule is CCCCC(=O)n1c(C(F)(F)F)c(CCC)n(Cc2ccc(-c3ccccc3C(=O)O)cc2)c1=O. The maximum atomic E-state index is 14.0. The lowest BCUT2D eigenvalue weighted by Gasteiger charge is -2.13. The van der Waals surface area contributed by atoms with Crippen LogP contribution in [0.15, 0.2) is 53.3 Å². The van der Waals surface area contributed by atoms with Crippen molar-refractivity contribution in [3.05, 3.63) is 81.5 Å². The van der Waals surface area contributed by atoms with Gasteiger partial charge in [0.25, 0.3) is 0 Å². The van der Waals surface area contributed by atoms with Crippen LogP contribution < -0.4 is 5.69 Å². The second-order valence-corrected chi connectivity index (χ2v) is 8.29. The molecule has 0 radical (unpaired) electrons. The molecule has 35 heavy (non-hydrogen) atoms. The van der Waals surface area contributed by atoms with Crippen molar-refractivity contribution < 1.29 is 27.9 Å². The lowest BCUT2D eigenvalue weighted by molar-refractivity contribution is -0.143. The number of unbranched alkanes of at least 4 members (excludes halogenated alkanes) is 1. The number of nitrogens with zero attached hydrogens (tertiary/aromatic N) is 2. The summed E-state index contributed by atoms with van der Waals surface area (Å²) in [4.78, 5) is 37.2. The van der Waals surface area contributed by atoms with E-state index >= 15 is 0 Å². The molecule has 0 saturated carbocycles. The molecule has 0 unspecified atom stereocenters. The minimum Gasteiger partial charge on any atom is -0.478 e. The molecule has 0 aliphatic heterocycles. The standard InChI is InChI=1S/C26H27F3N2O4/c1-3-5-11-22(32)31-23(26(27,28)29)21(8-4-2)30(25(31)35)16-17-12-14-18(15-13-17)19-9-6-7-10-20(19)24(33)34/h6-7,9-10,12-15H,3-5,8,11,16H2,1-2H3,(H,33,34). The second kappa shape index (κ2) is 10.8. The van der Waals surface area contributed by atoms with Crippen LogP contribution in [0.25, 0.3) is 11.1 Å². The van der Waals surface area contributed by atoms with E-state index in [0.29, 0.717) is 36.0 Å². The van der Waals surface area contributed by atoms with Gasteiger partial charge in [-0.15, -0.1) is 0 Å². The van der Waals surface area contributed by atoms with Crippen LogP contribution in [0.5, 0.6) is 0 Å². The highest BCUT2D eigenvalue weighted by atomic mass is 19.4. The first kappa shape index (κ1) is 26.0. The third-order valence-corrected chi connectivity index (χ3v) is 5.76. The minimum atomic E-state index is -4.86. The summed E-state index contributed by atoms with van der Waals surface area (Å²) in [5, 5.41) is 9.42. The van der Waals surface area contributed by atoms with Gasteiger partial charge < -0.3 is 5.11 Å². The molecule has 3 rings (SSSR count). The van der Waals surface area contributed by atoms with Crippen molar-refractivity contribution in [2.45, 2.75) is 58.7 Å². The third-order valence-electron chi connectivity index (χ3n) is 5.76. The zero-order valence-corrected chi connectivity index (χ0v) is 19.6. The highest BCUT2D eigenvalue weighted by Crippen LogP contribution is 2.33. The summed E-state index contributed by atoms with van der Waals surface area (Å²) in [5.74, 6) is -1.94. The lowest BCUT2D eigenvalue weighted by Crippen LogP contribution is -2.32. The number of rotatable bonds is 9. The molecule has 0 aliphatic carbocycles. The average molecular weight is 489 g/mol. The van der Waals surface area contributed by atoms with Crippen molar-refractivity contribution in [1.82, 2.24) is 9.13 Å². The molecule has 3 aromatic rings. The highest BCUT2D eigenvalue weighted by Gasteiger charge is 2.42. The van der Waals surface area contributed by atoms with Crippen LogP contribution in [0.1, 0.15) is 71.6 Å². The molecule has 1 N–H and O–H groups in total. The Morgan fingerprint density at radius 1 is 0.971 bits per heavy atom. The Morgan fingerprint density at radius 2 is 1.63 bits per heavy atom. The van der Waals surface area contributed by atoms with Crippen molar-refractivity contribution in [3.8, 4) is 11.1 Å². The molecule has 1 aromatic heterocycles. The number of hydrogen-bond acceptors (Lipinski definition) is 3. The highest BCUT2D eigenvalue weighted by molar-refractivity contribution is 5.96. The normalized spacial score (nSPS) is 11.6. The van der Waals surface area contributed by atoms with Crippen LogP contribution >= 0.6 is 0 Å². The van der Waals surface area contributed by atoms with Gasteiger partial charge in [-0.1, -0.05) is 69.2 Å². The largest absolute Gasteiger partial charge is 0.478 e. The van der Waals surface area contributed by atoms with Crippen LogP contribution in [-0.4, -0.2) is 26.1 Å². The average Bonchev–Trinajstić information content (AvgIpc) is 3.10. The maximum absolute atomic E-state index is 14.0. The van der Waals surface area contributed by atoms with Crippen molar-refractivity contribution in [2.24, 2.45) is 0 Å². The summed E-state index contributed by atoms with van der Waals surface area (Å²) >= 11 is 0. The van der Waals surface area contributed by atoms with Crippen LogP contribution in [-0.2, 0) is 19.1 Å². The summed E-state index contributed by atoms with van der Waals surface area (Å²) in [6.45, 7) is 3.37. The van der Waals surface area contributed by atoms with Crippen LogP contribution in [0.2, 0.25) is 0 Å². The zero-order valence-electron chi connectivity index (χ0n) is 19.6. The van der Waals surface area contributed by atoms with Crippen molar-refractivity contribution >= 4 is 11.9 Å². The Balaban J connectivity index is 2.06. The number of imidazole rings is 1. The molecule has 9 heteroatoms. The molecule has 186 valence electrons. The van der Waals surface area contributed by atoms with E-state index in [4.69, 9.17) is 0 Å². The van der Waals surface area contributed by atoms with Crippen molar-refractivity contribution in [3.63, 3.8) is 0 Å². The van der Waals surface area contributed by atoms with Gasteiger partial charge in [0, 0.05) is 6.42 Å². The molecule has 0 aliphatic rings. The maximum Gasteiger partial charge on any atom is 0.433 e. The van der Waals surface area contributed by atoms with Gasteiger partial charge in [0.15, 0.2) is 5.69 Å². The Morgan fingerprint density at radius 3 is 2.20 bits per heavy atom. The molecule has 1 heterocycles. The smallest absolute Gasteiger partial charge is 0.433 e. The van der Waals surface area contributed by atoms with E-state index in [9.17, 15) is 32.7 Å². The van der Waals surface area contributed by atoms with E-state index in [1.54, 1.807) is 49.4 Å². The van der Waals surface area contributed by atoms with Gasteiger partial charge >= 0.3 is 17.8 Å². The van der Waals surface area contributed by atoms with Crippen LogP contribution in [0, 0.1) is 0 Å². The summed E-state index contributed by atoms with van der Waals surface area (Å²) in [6.07, 6.45) is -3.66. The number of carbonyl (C=O) groups excluding carboxylic acids is 1. The summed E-state index contributed by atoms with van der Waals surface area (Å²) in [6, 6.07) is 13.1. The van der Waals surface area contributed by atoms with Gasteiger partial charge in [-0.25, -0.2) is 14.2 Å². The van der Waals surface area contributed by atoms with E-state index in [0.717, 1.165) is 4.57 Å². The monoisotopic (exact) mass is 488 g/mol. The molecule has 0 atom stereocenters. The summed E-state index contributed by atoms with van der Waals surface area (Å²) < 4.78 is 43.4. The Hall–Kier alpha value is -3.62. The van der Waals surface area contributed by atoms with Gasteiger partial charge in [-0.3, -0.25) is 9.36 Å². The first-order chi connectivity index (χ1) is 16.6. The predicted molar refractivity (Wildman–Crippen MR) is 126 cm³/mol.